The van der Waals surface area contributed by atoms with Gasteiger partial charge in [0.15, 0.2) is 0 Å². The topological polar surface area (TPSA) is 114 Å². The molecule has 0 aliphatic heterocycles. The summed E-state index contributed by atoms with van der Waals surface area (Å²) in [5.74, 6) is 1.03. The van der Waals surface area contributed by atoms with E-state index in [9.17, 15) is 5.11 Å². The van der Waals surface area contributed by atoms with Gasteiger partial charge in [-0.05, 0) is 71.1 Å². The van der Waals surface area contributed by atoms with Gasteiger partial charge >= 0.3 is 0 Å². The first kappa shape index (κ1) is 24.8. The van der Waals surface area contributed by atoms with Gasteiger partial charge in [0.25, 0.3) is 0 Å². The molecule has 5 N–H and O–H groups in total. The van der Waals surface area contributed by atoms with E-state index in [0.29, 0.717) is 11.7 Å². The first-order chi connectivity index (χ1) is 16.5. The number of fused-ring (bicyclic) bond motifs is 1. The summed E-state index contributed by atoms with van der Waals surface area (Å²) in [6, 6.07) is -0.0520. The predicted molar refractivity (Wildman–Crippen MR) is 140 cm³/mol. The van der Waals surface area contributed by atoms with Crippen LogP contribution in [0.2, 0.25) is 0 Å². The quantitative estimate of drug-likeness (QED) is 0.243. The number of aliphatic hydroxyl groups excluding tert-OH is 1. The summed E-state index contributed by atoms with van der Waals surface area (Å²) in [4.78, 5) is 13.2. The van der Waals surface area contributed by atoms with Gasteiger partial charge in [-0.1, -0.05) is 18.6 Å². The molecule has 4 atom stereocenters. The zero-order valence-electron chi connectivity index (χ0n) is 20.4. The van der Waals surface area contributed by atoms with Gasteiger partial charge in [0.1, 0.15) is 22.8 Å². The Morgan fingerprint density at radius 1 is 1.26 bits per heavy atom. The highest BCUT2D eigenvalue weighted by atomic mass is 32.1. The summed E-state index contributed by atoms with van der Waals surface area (Å²) in [7, 11) is 0. The van der Waals surface area contributed by atoms with Crippen molar-refractivity contribution in [2.75, 3.05) is 31.9 Å². The van der Waals surface area contributed by atoms with Crippen LogP contribution in [0.5, 0.6) is 0 Å². The molecule has 1 saturated carbocycles. The molecular formula is C25H37N7OS. The Morgan fingerprint density at radius 3 is 2.85 bits per heavy atom. The van der Waals surface area contributed by atoms with Crippen LogP contribution in [-0.2, 0) is 0 Å². The molecule has 184 valence electrons. The Kier molecular flexibility index (Phi) is 8.31. The number of anilines is 1. The van der Waals surface area contributed by atoms with E-state index < -0.39 is 6.10 Å². The third-order valence-electron chi connectivity index (χ3n) is 7.18. The normalized spacial score (nSPS) is 23.2. The lowest BCUT2D eigenvalue weighted by Gasteiger charge is -2.20. The second-order valence-corrected chi connectivity index (χ2v) is 10.2. The van der Waals surface area contributed by atoms with Crippen LogP contribution in [0.1, 0.15) is 46.1 Å². The minimum atomic E-state index is -0.445. The highest BCUT2D eigenvalue weighted by Gasteiger charge is 2.41. The fourth-order valence-electron chi connectivity index (χ4n) is 4.90. The van der Waals surface area contributed by atoms with E-state index >= 15 is 0 Å². The fraction of sp³-hybridized carbons (Fsp3) is 0.560. The highest BCUT2D eigenvalue weighted by Crippen LogP contribution is 2.43. The SMILES string of the molecule is C/C=C(\C)CCNCCCNC[C@H]1C[C@@H](n2cc(-c3nccs3)c3c(N)ncnc32)[C@H](O)[C@@H]1C. The zero-order valence-corrected chi connectivity index (χ0v) is 21.2. The number of nitrogens with one attached hydrogen (secondary N) is 2. The van der Waals surface area contributed by atoms with E-state index in [1.54, 1.807) is 17.5 Å². The summed E-state index contributed by atoms with van der Waals surface area (Å²) < 4.78 is 2.10. The van der Waals surface area contributed by atoms with Crippen molar-refractivity contribution < 1.29 is 5.11 Å². The number of hydrogen-bond donors (Lipinski definition) is 4. The molecule has 8 nitrogen and oxygen atoms in total. The molecular weight excluding hydrogens is 446 g/mol. The number of hydrogen-bond acceptors (Lipinski definition) is 8. The summed E-state index contributed by atoms with van der Waals surface area (Å²) in [6.45, 7) is 10.3. The summed E-state index contributed by atoms with van der Waals surface area (Å²) in [5.41, 5.74) is 9.37. The Bertz CT molecular complexity index is 1090. The van der Waals surface area contributed by atoms with Crippen molar-refractivity contribution in [2.24, 2.45) is 11.8 Å². The number of aliphatic hydroxyl groups is 1. The van der Waals surface area contributed by atoms with Crippen LogP contribution in [-0.4, -0.2) is 56.9 Å². The lowest BCUT2D eigenvalue weighted by Crippen LogP contribution is -2.29. The average Bonchev–Trinajstić information content (AvgIpc) is 3.56. The third kappa shape index (κ3) is 5.33. The Labute approximate surface area is 205 Å². The number of rotatable bonds is 11. The van der Waals surface area contributed by atoms with E-state index in [-0.39, 0.29) is 12.0 Å². The first-order valence-corrected chi connectivity index (χ1v) is 13.1. The number of allylic oxidation sites excluding steroid dienone is 1. The van der Waals surface area contributed by atoms with E-state index in [0.717, 1.165) is 67.0 Å². The second kappa shape index (κ2) is 11.4. The van der Waals surface area contributed by atoms with Gasteiger partial charge in [-0.25, -0.2) is 15.0 Å². The molecule has 3 aromatic rings. The molecule has 1 fully saturated rings. The van der Waals surface area contributed by atoms with Gasteiger partial charge in [-0.3, -0.25) is 0 Å². The minimum absolute atomic E-state index is 0.0520. The van der Waals surface area contributed by atoms with Gasteiger partial charge < -0.3 is 26.0 Å². The average molecular weight is 484 g/mol. The summed E-state index contributed by atoms with van der Waals surface area (Å²) in [6.07, 6.45) is 10.2. The van der Waals surface area contributed by atoms with E-state index in [4.69, 9.17) is 5.73 Å². The van der Waals surface area contributed by atoms with Crippen LogP contribution in [0.25, 0.3) is 21.6 Å². The molecule has 4 rings (SSSR count). The molecule has 3 aromatic heterocycles. The molecule has 34 heavy (non-hydrogen) atoms. The van der Waals surface area contributed by atoms with Gasteiger partial charge in [-0.15, -0.1) is 11.3 Å². The van der Waals surface area contributed by atoms with Crippen molar-refractivity contribution in [2.45, 2.75) is 52.2 Å². The van der Waals surface area contributed by atoms with Crippen LogP contribution in [0, 0.1) is 11.8 Å². The number of thiazole rings is 1. The summed E-state index contributed by atoms with van der Waals surface area (Å²) in [5, 5.41) is 21.9. The van der Waals surface area contributed by atoms with Crippen LogP contribution >= 0.6 is 11.3 Å². The number of nitrogen functional groups attached to an aromatic ring is 1. The zero-order chi connectivity index (χ0) is 24.1. The van der Waals surface area contributed by atoms with Crippen LogP contribution in [0.3, 0.4) is 0 Å². The van der Waals surface area contributed by atoms with Crippen molar-refractivity contribution in [3.63, 3.8) is 0 Å². The largest absolute Gasteiger partial charge is 0.391 e. The molecule has 0 saturated heterocycles. The van der Waals surface area contributed by atoms with Crippen LogP contribution in [0.4, 0.5) is 5.82 Å². The maximum absolute atomic E-state index is 11.2. The molecule has 0 aromatic carbocycles. The predicted octanol–water partition coefficient (Wildman–Crippen LogP) is 3.62. The maximum atomic E-state index is 11.2. The molecule has 1 aliphatic rings. The molecule has 0 spiro atoms. The van der Waals surface area contributed by atoms with Crippen molar-refractivity contribution in [3.8, 4) is 10.6 Å². The summed E-state index contributed by atoms with van der Waals surface area (Å²) >= 11 is 1.56. The smallest absolute Gasteiger partial charge is 0.146 e. The molecule has 0 bridgehead atoms. The standard InChI is InChI=1S/C25H37N7OS/c1-4-16(2)6-9-27-7-5-8-28-13-18-12-20(22(33)17(18)3)32-14-19(25-29-10-11-34-25)21-23(26)30-15-31-24(21)32/h4,10-11,14-15,17-18,20,22,27-28,33H,5-9,12-13H2,1-3H3,(H2,26,30,31)/b16-4+/t17-,18-,20-,22-/m1/s1. The number of nitrogens with zero attached hydrogens (tertiary/aromatic N) is 4. The van der Waals surface area contributed by atoms with E-state index in [2.05, 4.69) is 57.0 Å². The maximum Gasteiger partial charge on any atom is 0.146 e. The van der Waals surface area contributed by atoms with Crippen LogP contribution in [0.15, 0.2) is 35.8 Å². The molecule has 3 heterocycles. The molecule has 0 amide bonds. The Balaban J connectivity index is 1.37. The Hall–Kier alpha value is -2.33. The number of aromatic nitrogens is 4. The third-order valence-corrected chi connectivity index (χ3v) is 7.99. The first-order valence-electron chi connectivity index (χ1n) is 12.2. The van der Waals surface area contributed by atoms with Crippen molar-refractivity contribution >= 4 is 28.2 Å². The van der Waals surface area contributed by atoms with Crippen LogP contribution < -0.4 is 16.4 Å². The van der Waals surface area contributed by atoms with Gasteiger partial charge in [0, 0.05) is 23.3 Å². The lowest BCUT2D eigenvalue weighted by atomic mass is 9.97. The van der Waals surface area contributed by atoms with Crippen molar-refractivity contribution in [3.05, 3.63) is 35.8 Å². The van der Waals surface area contributed by atoms with E-state index in [1.807, 2.05) is 11.6 Å². The lowest BCUT2D eigenvalue weighted by molar-refractivity contribution is 0.0956. The molecule has 9 heteroatoms. The van der Waals surface area contributed by atoms with Gasteiger partial charge in [-0.2, -0.15) is 0 Å². The number of nitrogens with two attached hydrogens (primary N) is 1. The van der Waals surface area contributed by atoms with Gasteiger partial charge in [0.2, 0.25) is 0 Å². The highest BCUT2D eigenvalue weighted by molar-refractivity contribution is 7.13. The van der Waals surface area contributed by atoms with Crippen molar-refractivity contribution in [1.82, 2.24) is 30.2 Å². The monoisotopic (exact) mass is 483 g/mol. The minimum Gasteiger partial charge on any atom is -0.391 e. The van der Waals surface area contributed by atoms with Crippen molar-refractivity contribution in [1.29, 1.82) is 0 Å². The fourth-order valence-corrected chi connectivity index (χ4v) is 5.56. The second-order valence-electron chi connectivity index (χ2n) is 9.35. The molecule has 1 aliphatic carbocycles. The molecule has 0 radical (unpaired) electrons. The van der Waals surface area contributed by atoms with Gasteiger partial charge in [0.05, 0.1) is 17.5 Å². The van der Waals surface area contributed by atoms with E-state index in [1.165, 1.54) is 11.9 Å². The molecule has 0 unspecified atom stereocenters. The Morgan fingerprint density at radius 2 is 2.09 bits per heavy atom.